The SMILES string of the molecule is COc1ccnc(N2CCc3nn(C)c(=O)cc3C2)n1. The molecule has 0 saturated carbocycles. The highest BCUT2D eigenvalue weighted by Gasteiger charge is 2.20. The molecule has 7 heteroatoms. The van der Waals surface area contributed by atoms with Gasteiger partial charge in [0.25, 0.3) is 5.56 Å². The molecule has 0 fully saturated rings. The molecular weight excluding hydrogens is 258 g/mol. The lowest BCUT2D eigenvalue weighted by Crippen LogP contribution is -2.35. The maximum Gasteiger partial charge on any atom is 0.266 e. The molecule has 0 aliphatic carbocycles. The van der Waals surface area contributed by atoms with Gasteiger partial charge in [0.05, 0.1) is 12.8 Å². The van der Waals surface area contributed by atoms with Crippen molar-refractivity contribution in [2.45, 2.75) is 13.0 Å². The molecule has 0 atom stereocenters. The molecule has 0 bridgehead atoms. The van der Waals surface area contributed by atoms with Crippen LogP contribution in [-0.4, -0.2) is 33.4 Å². The van der Waals surface area contributed by atoms with Crippen molar-refractivity contribution < 1.29 is 4.74 Å². The number of fused-ring (bicyclic) bond motifs is 1. The zero-order valence-electron chi connectivity index (χ0n) is 11.4. The second-order valence-corrected chi connectivity index (χ2v) is 4.65. The van der Waals surface area contributed by atoms with E-state index in [2.05, 4.69) is 15.1 Å². The van der Waals surface area contributed by atoms with Crippen molar-refractivity contribution in [1.82, 2.24) is 19.7 Å². The van der Waals surface area contributed by atoms with Gasteiger partial charge in [-0.05, 0) is 0 Å². The van der Waals surface area contributed by atoms with Crippen molar-refractivity contribution in [2.24, 2.45) is 7.05 Å². The Hall–Kier alpha value is -2.44. The highest BCUT2D eigenvalue weighted by atomic mass is 16.5. The summed E-state index contributed by atoms with van der Waals surface area (Å²) in [5.74, 6) is 1.14. The predicted molar refractivity (Wildman–Crippen MR) is 72.8 cm³/mol. The first-order chi connectivity index (χ1) is 9.67. The average molecular weight is 273 g/mol. The summed E-state index contributed by atoms with van der Waals surface area (Å²) in [7, 11) is 3.24. The molecule has 20 heavy (non-hydrogen) atoms. The monoisotopic (exact) mass is 273 g/mol. The molecule has 3 heterocycles. The first-order valence-corrected chi connectivity index (χ1v) is 6.35. The normalized spacial score (nSPS) is 14.0. The van der Waals surface area contributed by atoms with Crippen LogP contribution < -0.4 is 15.2 Å². The zero-order chi connectivity index (χ0) is 14.1. The number of rotatable bonds is 2. The fraction of sp³-hybridized carbons (Fsp3) is 0.385. The largest absolute Gasteiger partial charge is 0.481 e. The number of anilines is 1. The third kappa shape index (κ3) is 2.22. The first kappa shape index (κ1) is 12.6. The number of ether oxygens (including phenoxy) is 1. The fourth-order valence-electron chi connectivity index (χ4n) is 2.26. The average Bonchev–Trinajstić information content (AvgIpc) is 2.48. The molecule has 1 aliphatic rings. The molecule has 0 spiro atoms. The van der Waals surface area contributed by atoms with E-state index in [0.29, 0.717) is 18.4 Å². The second kappa shape index (κ2) is 4.92. The van der Waals surface area contributed by atoms with Gasteiger partial charge in [-0.25, -0.2) is 9.67 Å². The van der Waals surface area contributed by atoms with E-state index in [1.54, 1.807) is 32.5 Å². The van der Waals surface area contributed by atoms with Crippen molar-refractivity contribution in [2.75, 3.05) is 18.6 Å². The molecule has 0 radical (unpaired) electrons. The minimum absolute atomic E-state index is 0.0999. The van der Waals surface area contributed by atoms with Crippen LogP contribution in [0, 0.1) is 0 Å². The van der Waals surface area contributed by atoms with Gasteiger partial charge in [-0.2, -0.15) is 10.1 Å². The first-order valence-electron chi connectivity index (χ1n) is 6.35. The number of nitrogens with zero attached hydrogens (tertiary/aromatic N) is 5. The van der Waals surface area contributed by atoms with Crippen LogP contribution in [-0.2, 0) is 20.0 Å². The Morgan fingerprint density at radius 3 is 3.05 bits per heavy atom. The van der Waals surface area contributed by atoms with E-state index in [9.17, 15) is 4.79 Å². The van der Waals surface area contributed by atoms with Crippen molar-refractivity contribution in [1.29, 1.82) is 0 Å². The van der Waals surface area contributed by atoms with Crippen LogP contribution in [0.25, 0.3) is 0 Å². The van der Waals surface area contributed by atoms with Gasteiger partial charge in [-0.3, -0.25) is 4.79 Å². The highest BCUT2D eigenvalue weighted by Crippen LogP contribution is 2.20. The van der Waals surface area contributed by atoms with Crippen LogP contribution in [0.5, 0.6) is 5.88 Å². The minimum atomic E-state index is -0.0999. The van der Waals surface area contributed by atoms with Crippen LogP contribution in [0.15, 0.2) is 23.1 Å². The quantitative estimate of drug-likeness (QED) is 0.775. The molecule has 0 amide bonds. The molecule has 0 unspecified atom stereocenters. The molecule has 0 aromatic carbocycles. The smallest absolute Gasteiger partial charge is 0.266 e. The third-order valence-corrected chi connectivity index (χ3v) is 3.35. The van der Waals surface area contributed by atoms with Crippen LogP contribution in [0.2, 0.25) is 0 Å². The summed E-state index contributed by atoms with van der Waals surface area (Å²) >= 11 is 0. The van der Waals surface area contributed by atoms with Gasteiger partial charge in [0.15, 0.2) is 0 Å². The van der Waals surface area contributed by atoms with Gasteiger partial charge in [0, 0.05) is 50.5 Å². The van der Waals surface area contributed by atoms with E-state index in [1.165, 1.54) is 4.68 Å². The number of methoxy groups -OCH3 is 1. The van der Waals surface area contributed by atoms with E-state index in [-0.39, 0.29) is 5.56 Å². The number of aromatic nitrogens is 4. The van der Waals surface area contributed by atoms with Crippen molar-refractivity contribution in [3.8, 4) is 5.88 Å². The maximum absolute atomic E-state index is 11.7. The minimum Gasteiger partial charge on any atom is -0.481 e. The molecule has 104 valence electrons. The van der Waals surface area contributed by atoms with E-state index in [1.807, 2.05) is 4.90 Å². The Morgan fingerprint density at radius 1 is 1.40 bits per heavy atom. The van der Waals surface area contributed by atoms with Crippen molar-refractivity contribution >= 4 is 5.95 Å². The maximum atomic E-state index is 11.7. The Kier molecular flexibility index (Phi) is 3.09. The van der Waals surface area contributed by atoms with Gasteiger partial charge in [0.2, 0.25) is 11.8 Å². The summed E-state index contributed by atoms with van der Waals surface area (Å²) in [6.07, 6.45) is 2.43. The lowest BCUT2D eigenvalue weighted by Gasteiger charge is -2.28. The number of aryl methyl sites for hydroxylation is 1. The van der Waals surface area contributed by atoms with Crippen molar-refractivity contribution in [3.63, 3.8) is 0 Å². The van der Waals surface area contributed by atoms with Gasteiger partial charge in [-0.15, -0.1) is 0 Å². The summed E-state index contributed by atoms with van der Waals surface area (Å²) in [6, 6.07) is 3.34. The molecule has 2 aromatic heterocycles. The van der Waals surface area contributed by atoms with E-state index in [0.717, 1.165) is 24.2 Å². The van der Waals surface area contributed by atoms with Gasteiger partial charge in [-0.1, -0.05) is 0 Å². The zero-order valence-corrected chi connectivity index (χ0v) is 11.4. The molecular formula is C13H15N5O2. The third-order valence-electron chi connectivity index (χ3n) is 3.35. The standard InChI is InChI=1S/C13H15N5O2/c1-17-12(19)7-9-8-18(6-4-10(9)16-17)13-14-5-3-11(15-13)20-2/h3,5,7H,4,6,8H2,1-2H3. The van der Waals surface area contributed by atoms with E-state index < -0.39 is 0 Å². The van der Waals surface area contributed by atoms with Crippen LogP contribution in [0.4, 0.5) is 5.95 Å². The van der Waals surface area contributed by atoms with Crippen LogP contribution >= 0.6 is 0 Å². The van der Waals surface area contributed by atoms with E-state index >= 15 is 0 Å². The van der Waals surface area contributed by atoms with Crippen LogP contribution in [0.1, 0.15) is 11.3 Å². The van der Waals surface area contributed by atoms with Gasteiger partial charge in [0.1, 0.15) is 0 Å². The van der Waals surface area contributed by atoms with Gasteiger partial charge < -0.3 is 9.64 Å². The number of hydrogen-bond donors (Lipinski definition) is 0. The summed E-state index contributed by atoms with van der Waals surface area (Å²) in [6.45, 7) is 1.36. The molecule has 1 aliphatic heterocycles. The molecule has 0 saturated heterocycles. The lowest BCUT2D eigenvalue weighted by atomic mass is 10.1. The Labute approximate surface area is 115 Å². The van der Waals surface area contributed by atoms with Crippen molar-refractivity contribution in [3.05, 3.63) is 39.9 Å². The fourth-order valence-corrected chi connectivity index (χ4v) is 2.26. The Balaban J connectivity index is 1.91. The summed E-state index contributed by atoms with van der Waals surface area (Å²) in [4.78, 5) is 22.3. The topological polar surface area (TPSA) is 73.1 Å². The Bertz CT molecular complexity index is 697. The van der Waals surface area contributed by atoms with E-state index in [4.69, 9.17) is 4.74 Å². The summed E-state index contributed by atoms with van der Waals surface area (Å²) < 4.78 is 6.48. The van der Waals surface area contributed by atoms with Crippen LogP contribution in [0.3, 0.4) is 0 Å². The van der Waals surface area contributed by atoms with Gasteiger partial charge >= 0.3 is 0 Å². The summed E-state index contributed by atoms with van der Waals surface area (Å²) in [5, 5.41) is 4.29. The predicted octanol–water partition coefficient (Wildman–Crippen LogP) is 0.142. The molecule has 3 rings (SSSR count). The second-order valence-electron chi connectivity index (χ2n) is 4.65. The number of hydrogen-bond acceptors (Lipinski definition) is 6. The summed E-state index contributed by atoms with van der Waals surface area (Å²) in [5.41, 5.74) is 1.80. The molecule has 0 N–H and O–H groups in total. The molecule has 7 nitrogen and oxygen atoms in total. The Morgan fingerprint density at radius 2 is 2.25 bits per heavy atom. The lowest BCUT2D eigenvalue weighted by molar-refractivity contribution is 0.396. The molecule has 2 aromatic rings. The highest BCUT2D eigenvalue weighted by molar-refractivity contribution is 5.37.